The lowest BCUT2D eigenvalue weighted by Crippen LogP contribution is -2.13. The highest BCUT2D eigenvalue weighted by molar-refractivity contribution is 8.01. The van der Waals surface area contributed by atoms with Crippen molar-refractivity contribution in [2.45, 2.75) is 23.1 Å². The molecule has 0 radical (unpaired) electrons. The summed E-state index contributed by atoms with van der Waals surface area (Å²) in [4.78, 5) is 13.1. The molecule has 2 N–H and O–H groups in total. The number of hydrogen-bond acceptors (Lipinski definition) is 7. The SMILES string of the molecule is CSc1cccc(NC(=O)CSc2nnc(NCC(C)C)s2)c1. The second kappa shape index (κ2) is 9.14. The maximum Gasteiger partial charge on any atom is 0.234 e. The summed E-state index contributed by atoms with van der Waals surface area (Å²) in [6, 6.07) is 7.81. The Morgan fingerprint density at radius 1 is 1.35 bits per heavy atom. The molecule has 8 heteroatoms. The van der Waals surface area contributed by atoms with Crippen LogP contribution in [0.5, 0.6) is 0 Å². The van der Waals surface area contributed by atoms with Crippen LogP contribution in [0.4, 0.5) is 10.8 Å². The number of anilines is 2. The van der Waals surface area contributed by atoms with Gasteiger partial charge in [-0.05, 0) is 30.4 Å². The minimum absolute atomic E-state index is 0.0415. The molecule has 0 spiro atoms. The zero-order valence-corrected chi connectivity index (χ0v) is 15.8. The first-order chi connectivity index (χ1) is 11.1. The number of carbonyl (C=O) groups is 1. The van der Waals surface area contributed by atoms with Gasteiger partial charge in [0.25, 0.3) is 0 Å². The van der Waals surface area contributed by atoms with Crippen molar-refractivity contribution in [3.05, 3.63) is 24.3 Å². The summed E-state index contributed by atoms with van der Waals surface area (Å²) in [6.45, 7) is 5.14. The molecule has 124 valence electrons. The lowest BCUT2D eigenvalue weighted by atomic mass is 10.2. The average molecular weight is 369 g/mol. The van der Waals surface area contributed by atoms with E-state index in [1.165, 1.54) is 23.1 Å². The predicted molar refractivity (Wildman–Crippen MR) is 101 cm³/mol. The van der Waals surface area contributed by atoms with Crippen LogP contribution in [0, 0.1) is 5.92 Å². The van der Waals surface area contributed by atoms with Crippen molar-refractivity contribution < 1.29 is 4.79 Å². The molecule has 0 aliphatic rings. The molecule has 5 nitrogen and oxygen atoms in total. The number of hydrogen-bond donors (Lipinski definition) is 2. The van der Waals surface area contributed by atoms with Crippen molar-refractivity contribution in [3.63, 3.8) is 0 Å². The summed E-state index contributed by atoms with van der Waals surface area (Å²) in [6.07, 6.45) is 2.01. The molecule has 23 heavy (non-hydrogen) atoms. The van der Waals surface area contributed by atoms with Crippen LogP contribution in [0.15, 0.2) is 33.5 Å². The van der Waals surface area contributed by atoms with Gasteiger partial charge in [0.15, 0.2) is 4.34 Å². The lowest BCUT2D eigenvalue weighted by molar-refractivity contribution is -0.113. The Kier molecular flexibility index (Phi) is 7.19. The summed E-state index contributed by atoms with van der Waals surface area (Å²) >= 11 is 4.53. The van der Waals surface area contributed by atoms with Gasteiger partial charge in [0.1, 0.15) is 0 Å². The molecule has 1 amide bonds. The summed E-state index contributed by atoms with van der Waals surface area (Å²) < 4.78 is 0.796. The maximum absolute atomic E-state index is 12.0. The molecular formula is C15H20N4OS3. The Morgan fingerprint density at radius 2 is 2.17 bits per heavy atom. The van der Waals surface area contributed by atoms with E-state index in [2.05, 4.69) is 34.7 Å². The molecule has 0 aliphatic carbocycles. The topological polar surface area (TPSA) is 66.9 Å². The molecule has 2 rings (SSSR count). The van der Waals surface area contributed by atoms with Gasteiger partial charge in [-0.1, -0.05) is 43.0 Å². The first-order valence-electron chi connectivity index (χ1n) is 7.21. The highest BCUT2D eigenvalue weighted by atomic mass is 32.2. The van der Waals surface area contributed by atoms with Crippen molar-refractivity contribution in [3.8, 4) is 0 Å². The van der Waals surface area contributed by atoms with Crippen molar-refractivity contribution >= 4 is 51.6 Å². The number of amides is 1. The highest BCUT2D eigenvalue weighted by Gasteiger charge is 2.09. The van der Waals surface area contributed by atoms with E-state index >= 15 is 0 Å². The molecule has 0 unspecified atom stereocenters. The number of nitrogens with one attached hydrogen (secondary N) is 2. The van der Waals surface area contributed by atoms with Crippen LogP contribution in [0.2, 0.25) is 0 Å². The number of rotatable bonds is 8. The van der Waals surface area contributed by atoms with Gasteiger partial charge in [-0.25, -0.2) is 0 Å². The third kappa shape index (κ3) is 6.40. The zero-order chi connectivity index (χ0) is 16.7. The molecule has 0 atom stereocenters. The Labute approximate surface area is 149 Å². The van der Waals surface area contributed by atoms with Crippen molar-refractivity contribution in [1.29, 1.82) is 0 Å². The molecule has 0 bridgehead atoms. The fourth-order valence-electron chi connectivity index (χ4n) is 1.66. The number of benzene rings is 1. The Balaban J connectivity index is 1.80. The maximum atomic E-state index is 12.0. The van der Waals surface area contributed by atoms with Crippen LogP contribution in [0.1, 0.15) is 13.8 Å². The van der Waals surface area contributed by atoms with Gasteiger partial charge in [-0.3, -0.25) is 4.79 Å². The van der Waals surface area contributed by atoms with Gasteiger partial charge >= 0.3 is 0 Å². The third-order valence-corrected chi connectivity index (χ3v) is 5.49. The van der Waals surface area contributed by atoms with Gasteiger partial charge in [-0.15, -0.1) is 22.0 Å². The molecular weight excluding hydrogens is 348 g/mol. The standard InChI is InChI=1S/C15H20N4OS3/c1-10(2)8-16-14-18-19-15(23-14)22-9-13(20)17-11-5-4-6-12(7-11)21-3/h4-7,10H,8-9H2,1-3H3,(H,16,18)(H,17,20). The molecule has 0 saturated carbocycles. The Morgan fingerprint density at radius 3 is 2.91 bits per heavy atom. The van der Waals surface area contributed by atoms with Crippen LogP contribution < -0.4 is 10.6 Å². The highest BCUT2D eigenvalue weighted by Crippen LogP contribution is 2.26. The minimum Gasteiger partial charge on any atom is -0.360 e. The van der Waals surface area contributed by atoms with E-state index in [9.17, 15) is 4.79 Å². The fourth-order valence-corrected chi connectivity index (χ4v) is 3.67. The first-order valence-corrected chi connectivity index (χ1v) is 10.2. The predicted octanol–water partition coefficient (Wildman–Crippen LogP) is 4.06. The van der Waals surface area contributed by atoms with Crippen LogP contribution in [-0.2, 0) is 4.79 Å². The van der Waals surface area contributed by atoms with Crippen LogP contribution in [0.3, 0.4) is 0 Å². The van der Waals surface area contributed by atoms with E-state index in [0.29, 0.717) is 11.7 Å². The third-order valence-electron chi connectivity index (χ3n) is 2.75. The van der Waals surface area contributed by atoms with E-state index in [-0.39, 0.29) is 5.91 Å². The molecule has 1 heterocycles. The number of nitrogens with zero attached hydrogens (tertiary/aromatic N) is 2. The smallest absolute Gasteiger partial charge is 0.234 e. The van der Waals surface area contributed by atoms with Gasteiger partial charge in [0, 0.05) is 17.1 Å². The van der Waals surface area contributed by atoms with Crippen molar-refractivity contribution in [2.24, 2.45) is 5.92 Å². The van der Waals surface area contributed by atoms with Crippen LogP contribution >= 0.6 is 34.9 Å². The monoisotopic (exact) mass is 368 g/mol. The Bertz CT molecular complexity index is 645. The van der Waals surface area contributed by atoms with E-state index in [1.54, 1.807) is 11.8 Å². The van der Waals surface area contributed by atoms with Gasteiger partial charge in [0.05, 0.1) is 5.75 Å². The van der Waals surface area contributed by atoms with Gasteiger partial charge < -0.3 is 10.6 Å². The van der Waals surface area contributed by atoms with Crippen molar-refractivity contribution in [2.75, 3.05) is 29.2 Å². The lowest BCUT2D eigenvalue weighted by Gasteiger charge is -2.05. The van der Waals surface area contributed by atoms with Gasteiger partial charge in [-0.2, -0.15) is 0 Å². The summed E-state index contributed by atoms with van der Waals surface area (Å²) in [5.41, 5.74) is 0.819. The Hall–Kier alpha value is -1.25. The second-order valence-corrected chi connectivity index (χ2v) is 8.30. The molecule has 0 saturated heterocycles. The summed E-state index contributed by atoms with van der Waals surface area (Å²) in [7, 11) is 0. The fraction of sp³-hybridized carbons (Fsp3) is 0.400. The van der Waals surface area contributed by atoms with Gasteiger partial charge in [0.2, 0.25) is 11.0 Å². The van der Waals surface area contributed by atoms with Crippen molar-refractivity contribution in [1.82, 2.24) is 10.2 Å². The number of thioether (sulfide) groups is 2. The second-order valence-electron chi connectivity index (χ2n) is 5.22. The molecule has 0 fully saturated rings. The molecule has 2 aromatic rings. The average Bonchev–Trinajstić information content (AvgIpc) is 2.99. The molecule has 1 aromatic carbocycles. The summed E-state index contributed by atoms with van der Waals surface area (Å²) in [5, 5.41) is 15.1. The first kappa shape index (κ1) is 18.1. The van der Waals surface area contributed by atoms with Crippen LogP contribution in [-0.4, -0.2) is 34.7 Å². The number of carbonyl (C=O) groups excluding carboxylic acids is 1. The summed E-state index contributed by atoms with van der Waals surface area (Å²) in [5.74, 6) is 0.834. The van der Waals surface area contributed by atoms with E-state index in [4.69, 9.17) is 0 Å². The minimum atomic E-state index is -0.0415. The molecule has 1 aromatic heterocycles. The van der Waals surface area contributed by atoms with E-state index in [0.717, 1.165) is 26.6 Å². The number of aromatic nitrogens is 2. The zero-order valence-electron chi connectivity index (χ0n) is 13.3. The van der Waals surface area contributed by atoms with E-state index in [1.807, 2.05) is 30.5 Å². The van der Waals surface area contributed by atoms with Crippen LogP contribution in [0.25, 0.3) is 0 Å². The van der Waals surface area contributed by atoms with E-state index < -0.39 is 0 Å². The molecule has 0 aliphatic heterocycles. The quantitative estimate of drug-likeness (QED) is 0.685. The largest absolute Gasteiger partial charge is 0.360 e. The normalized spacial score (nSPS) is 10.8.